The van der Waals surface area contributed by atoms with E-state index < -0.39 is 16.1 Å². The number of anilines is 1. The first kappa shape index (κ1) is 25.1. The number of fused-ring (bicyclic) bond motifs is 1. The number of amides is 1. The molecule has 0 N–H and O–H groups in total. The third-order valence-electron chi connectivity index (χ3n) is 5.86. The summed E-state index contributed by atoms with van der Waals surface area (Å²) in [5.74, 6) is 0.334. The number of nitrogens with zero attached hydrogens (tertiary/aromatic N) is 4. The van der Waals surface area contributed by atoms with Crippen LogP contribution in [0.2, 0.25) is 4.34 Å². The Kier molecular flexibility index (Phi) is 7.27. The van der Waals surface area contributed by atoms with Crippen LogP contribution in [-0.4, -0.2) is 47.8 Å². The number of pyridine rings is 1. The van der Waals surface area contributed by atoms with Crippen molar-refractivity contribution in [1.82, 2.24) is 14.3 Å². The van der Waals surface area contributed by atoms with Crippen LogP contribution >= 0.6 is 34.3 Å². The minimum atomic E-state index is -3.87. The number of halogens is 1. The van der Waals surface area contributed by atoms with Gasteiger partial charge in [-0.3, -0.25) is 14.7 Å². The molecular weight excluding hydrogens is 540 g/mol. The van der Waals surface area contributed by atoms with Crippen molar-refractivity contribution in [2.45, 2.75) is 36.6 Å². The van der Waals surface area contributed by atoms with Crippen molar-refractivity contribution in [3.8, 4) is 5.75 Å². The van der Waals surface area contributed by atoms with E-state index >= 15 is 0 Å². The molecular formula is C24H23ClN4O4S3. The maximum absolute atomic E-state index is 14.0. The average molecular weight is 563 g/mol. The molecule has 3 aromatic heterocycles. The molecule has 0 spiro atoms. The number of benzene rings is 1. The van der Waals surface area contributed by atoms with Crippen LogP contribution in [0.15, 0.2) is 59.1 Å². The van der Waals surface area contributed by atoms with Crippen molar-refractivity contribution in [1.29, 1.82) is 0 Å². The third-order valence-corrected chi connectivity index (χ3v) is 10.5. The van der Waals surface area contributed by atoms with Gasteiger partial charge in [0, 0.05) is 18.9 Å². The van der Waals surface area contributed by atoms with Crippen molar-refractivity contribution < 1.29 is 17.9 Å². The number of sulfonamides is 1. The van der Waals surface area contributed by atoms with Gasteiger partial charge in [-0.15, -0.1) is 11.3 Å². The molecule has 4 heterocycles. The van der Waals surface area contributed by atoms with E-state index in [1.165, 1.54) is 21.7 Å². The summed E-state index contributed by atoms with van der Waals surface area (Å²) in [7, 11) is -3.87. The lowest BCUT2D eigenvalue weighted by molar-refractivity contribution is -0.121. The van der Waals surface area contributed by atoms with Crippen LogP contribution in [0.4, 0.5) is 5.13 Å². The Hall–Kier alpha value is -2.57. The van der Waals surface area contributed by atoms with E-state index in [0.29, 0.717) is 40.2 Å². The lowest BCUT2D eigenvalue weighted by Gasteiger charge is -2.28. The molecule has 4 aromatic rings. The zero-order chi connectivity index (χ0) is 25.3. The normalized spacial score (nSPS) is 16.4. The lowest BCUT2D eigenvalue weighted by atomic mass is 10.2. The van der Waals surface area contributed by atoms with E-state index in [0.717, 1.165) is 21.6 Å². The Morgan fingerprint density at radius 1 is 1.19 bits per heavy atom. The molecule has 36 heavy (non-hydrogen) atoms. The van der Waals surface area contributed by atoms with Crippen LogP contribution in [0.25, 0.3) is 10.2 Å². The summed E-state index contributed by atoms with van der Waals surface area (Å²) in [4.78, 5) is 24.5. The topological polar surface area (TPSA) is 92.7 Å². The molecule has 8 nitrogen and oxygen atoms in total. The molecule has 0 radical (unpaired) electrons. The van der Waals surface area contributed by atoms with Crippen LogP contribution < -0.4 is 9.64 Å². The number of aromatic nitrogens is 2. The summed E-state index contributed by atoms with van der Waals surface area (Å²) < 4.78 is 35.3. The van der Waals surface area contributed by atoms with Crippen LogP contribution in [0, 0.1) is 0 Å². The van der Waals surface area contributed by atoms with Crippen molar-refractivity contribution in [2.75, 3.05) is 18.1 Å². The highest BCUT2D eigenvalue weighted by atomic mass is 35.5. The third kappa shape index (κ3) is 4.85. The van der Waals surface area contributed by atoms with Gasteiger partial charge in [0.2, 0.25) is 5.91 Å². The Morgan fingerprint density at radius 3 is 2.72 bits per heavy atom. The fraction of sp³-hybridized carbons (Fsp3) is 0.292. The summed E-state index contributed by atoms with van der Waals surface area (Å²) in [6, 6.07) is 11.5. The second kappa shape index (κ2) is 10.4. The fourth-order valence-electron chi connectivity index (χ4n) is 4.22. The predicted octanol–water partition coefficient (Wildman–Crippen LogP) is 5.19. The molecule has 1 unspecified atom stereocenters. The number of thiophene rings is 1. The maximum atomic E-state index is 14.0. The van der Waals surface area contributed by atoms with Gasteiger partial charge in [-0.25, -0.2) is 13.4 Å². The van der Waals surface area contributed by atoms with Gasteiger partial charge < -0.3 is 4.74 Å². The summed E-state index contributed by atoms with van der Waals surface area (Å²) in [6.07, 6.45) is 4.35. The van der Waals surface area contributed by atoms with Gasteiger partial charge in [0.05, 0.1) is 22.2 Å². The van der Waals surface area contributed by atoms with Crippen molar-refractivity contribution in [3.05, 3.63) is 64.8 Å². The first-order valence-electron chi connectivity index (χ1n) is 11.4. The molecule has 1 aliphatic heterocycles. The number of thiazole rings is 1. The van der Waals surface area contributed by atoms with Gasteiger partial charge in [-0.05, 0) is 61.7 Å². The molecule has 0 aliphatic carbocycles. The zero-order valence-electron chi connectivity index (χ0n) is 19.3. The van der Waals surface area contributed by atoms with Crippen molar-refractivity contribution >= 4 is 65.6 Å². The standard InChI is InChI=1S/C24H23ClN4O4S3/c1-2-33-18-6-3-7-19-22(18)27-24(34-19)28(15-16-10-12-26-13-11-16)23(30)17-5-4-14-29(17)36(31,32)21-9-8-20(25)35-21/h3,6-13,17H,2,4-5,14-15H2,1H3. The second-order valence-corrected chi connectivity index (χ2v) is 13.0. The van der Waals surface area contributed by atoms with E-state index in [1.807, 2.05) is 37.3 Å². The summed E-state index contributed by atoms with van der Waals surface area (Å²) in [5.41, 5.74) is 1.54. The van der Waals surface area contributed by atoms with Gasteiger partial charge in [0.15, 0.2) is 5.13 Å². The van der Waals surface area contributed by atoms with E-state index in [-0.39, 0.29) is 23.2 Å². The van der Waals surface area contributed by atoms with Gasteiger partial charge in [-0.2, -0.15) is 4.31 Å². The molecule has 1 saturated heterocycles. The SMILES string of the molecule is CCOc1cccc2sc(N(Cc3ccncc3)C(=O)C3CCCN3S(=O)(=O)c3ccc(Cl)s3)nc12. The number of ether oxygens (including phenoxy) is 1. The monoisotopic (exact) mass is 562 g/mol. The first-order valence-corrected chi connectivity index (χ1v) is 14.8. The minimum absolute atomic E-state index is 0.134. The fourth-order valence-corrected chi connectivity index (χ4v) is 8.47. The Balaban J connectivity index is 1.54. The van der Waals surface area contributed by atoms with E-state index in [9.17, 15) is 13.2 Å². The molecule has 0 saturated carbocycles. The Labute approximate surface area is 222 Å². The first-order chi connectivity index (χ1) is 17.4. The molecule has 188 valence electrons. The quantitative estimate of drug-likeness (QED) is 0.293. The molecule has 1 aromatic carbocycles. The highest BCUT2D eigenvalue weighted by Gasteiger charge is 2.42. The molecule has 5 rings (SSSR count). The molecule has 0 bridgehead atoms. The Morgan fingerprint density at radius 2 is 2.00 bits per heavy atom. The molecule has 12 heteroatoms. The van der Waals surface area contributed by atoms with Gasteiger partial charge >= 0.3 is 0 Å². The number of rotatable bonds is 8. The smallest absolute Gasteiger partial charge is 0.253 e. The minimum Gasteiger partial charge on any atom is -0.492 e. The second-order valence-electron chi connectivity index (χ2n) is 8.14. The highest BCUT2D eigenvalue weighted by molar-refractivity contribution is 7.91. The highest BCUT2D eigenvalue weighted by Crippen LogP contribution is 2.37. The number of hydrogen-bond donors (Lipinski definition) is 0. The molecule has 1 aliphatic rings. The van der Waals surface area contributed by atoms with Crippen molar-refractivity contribution in [2.24, 2.45) is 0 Å². The van der Waals surface area contributed by atoms with Gasteiger partial charge in [0.25, 0.3) is 10.0 Å². The number of hydrogen-bond acceptors (Lipinski definition) is 8. The predicted molar refractivity (Wildman–Crippen MR) is 142 cm³/mol. The van der Waals surface area contributed by atoms with E-state index in [2.05, 4.69) is 4.98 Å². The van der Waals surface area contributed by atoms with Gasteiger partial charge in [-0.1, -0.05) is 29.0 Å². The number of para-hydroxylation sites is 1. The Bertz CT molecular complexity index is 1490. The average Bonchev–Trinajstić information content (AvgIpc) is 3.63. The maximum Gasteiger partial charge on any atom is 0.253 e. The van der Waals surface area contributed by atoms with Crippen LogP contribution in [-0.2, 0) is 21.4 Å². The molecule has 1 atom stereocenters. The van der Waals surface area contributed by atoms with Crippen LogP contribution in [0.5, 0.6) is 5.75 Å². The van der Waals surface area contributed by atoms with E-state index in [4.69, 9.17) is 21.3 Å². The summed E-state index contributed by atoms with van der Waals surface area (Å²) in [5, 5.41) is 0.488. The summed E-state index contributed by atoms with van der Waals surface area (Å²) in [6.45, 7) is 2.90. The largest absolute Gasteiger partial charge is 0.492 e. The summed E-state index contributed by atoms with van der Waals surface area (Å²) >= 11 is 8.37. The van der Waals surface area contributed by atoms with E-state index in [1.54, 1.807) is 23.4 Å². The number of carbonyl (C=O) groups excluding carboxylic acids is 1. The van der Waals surface area contributed by atoms with Crippen LogP contribution in [0.1, 0.15) is 25.3 Å². The van der Waals surface area contributed by atoms with Crippen LogP contribution in [0.3, 0.4) is 0 Å². The molecule has 1 amide bonds. The molecule has 1 fully saturated rings. The lowest BCUT2D eigenvalue weighted by Crippen LogP contribution is -2.47. The zero-order valence-corrected chi connectivity index (χ0v) is 22.5. The van der Waals surface area contributed by atoms with Gasteiger partial charge in [0.1, 0.15) is 21.5 Å². The number of carbonyl (C=O) groups is 1. The van der Waals surface area contributed by atoms with Crippen molar-refractivity contribution in [3.63, 3.8) is 0 Å².